The predicted octanol–water partition coefficient (Wildman–Crippen LogP) is 3.69. The van der Waals surface area contributed by atoms with Crippen LogP contribution < -0.4 is 5.73 Å². The SMILES string of the molecule is CCCc1ccc([C@H](c2cn(C)nn2)C(C(N)=O)c2ccc(C(C)C)cc2)nc1. The molecule has 0 aliphatic heterocycles. The molecule has 0 saturated heterocycles. The largest absolute Gasteiger partial charge is 0.369 e. The number of benzene rings is 1. The van der Waals surface area contributed by atoms with Crippen molar-refractivity contribution in [3.05, 3.63) is 76.9 Å². The average Bonchev–Trinajstić information content (AvgIpc) is 3.12. The third kappa shape index (κ3) is 4.70. The van der Waals surface area contributed by atoms with Gasteiger partial charge in [-0.2, -0.15) is 0 Å². The maximum Gasteiger partial charge on any atom is 0.226 e. The van der Waals surface area contributed by atoms with Gasteiger partial charge in [0.2, 0.25) is 5.91 Å². The third-order valence-corrected chi connectivity index (χ3v) is 5.25. The smallest absolute Gasteiger partial charge is 0.226 e. The molecule has 2 heterocycles. The van der Waals surface area contributed by atoms with Crippen LogP contribution in [-0.2, 0) is 18.3 Å². The summed E-state index contributed by atoms with van der Waals surface area (Å²) in [7, 11) is 1.81. The van der Waals surface area contributed by atoms with Gasteiger partial charge in [0.15, 0.2) is 0 Å². The van der Waals surface area contributed by atoms with Gasteiger partial charge in [-0.05, 0) is 35.1 Å². The molecule has 0 radical (unpaired) electrons. The Labute approximate surface area is 172 Å². The first kappa shape index (κ1) is 20.7. The molecule has 1 unspecified atom stereocenters. The van der Waals surface area contributed by atoms with Crippen LogP contribution in [0.3, 0.4) is 0 Å². The van der Waals surface area contributed by atoms with Crippen molar-refractivity contribution >= 4 is 5.91 Å². The molecule has 2 atom stereocenters. The molecule has 152 valence electrons. The molecule has 0 aliphatic carbocycles. The molecular formula is C23H29N5O. The molecule has 6 heteroatoms. The van der Waals surface area contributed by atoms with Gasteiger partial charge in [-0.15, -0.1) is 5.10 Å². The average molecular weight is 392 g/mol. The van der Waals surface area contributed by atoms with Crippen molar-refractivity contribution in [3.8, 4) is 0 Å². The van der Waals surface area contributed by atoms with Crippen molar-refractivity contribution < 1.29 is 4.79 Å². The Morgan fingerprint density at radius 2 is 1.76 bits per heavy atom. The Bertz CT molecular complexity index is 944. The van der Waals surface area contributed by atoms with Gasteiger partial charge in [-0.1, -0.05) is 62.7 Å². The van der Waals surface area contributed by atoms with E-state index in [1.54, 1.807) is 4.68 Å². The molecule has 2 N–H and O–H groups in total. The fourth-order valence-electron chi connectivity index (χ4n) is 3.67. The highest BCUT2D eigenvalue weighted by atomic mass is 16.1. The van der Waals surface area contributed by atoms with Crippen LogP contribution in [0, 0.1) is 0 Å². The molecular weight excluding hydrogens is 362 g/mol. The van der Waals surface area contributed by atoms with Crippen molar-refractivity contribution in [2.75, 3.05) is 0 Å². The van der Waals surface area contributed by atoms with E-state index in [9.17, 15) is 4.79 Å². The van der Waals surface area contributed by atoms with Crippen molar-refractivity contribution in [2.24, 2.45) is 12.8 Å². The molecule has 1 aromatic carbocycles. The predicted molar refractivity (Wildman–Crippen MR) is 114 cm³/mol. The maximum absolute atomic E-state index is 12.6. The fourth-order valence-corrected chi connectivity index (χ4v) is 3.67. The van der Waals surface area contributed by atoms with E-state index in [0.29, 0.717) is 11.6 Å². The number of aryl methyl sites for hydroxylation is 2. The minimum atomic E-state index is -0.586. The first-order valence-corrected chi connectivity index (χ1v) is 10.1. The summed E-state index contributed by atoms with van der Waals surface area (Å²) in [6.45, 7) is 6.43. The molecule has 0 fully saturated rings. The van der Waals surface area contributed by atoms with E-state index in [2.05, 4.69) is 54.3 Å². The molecule has 0 spiro atoms. The van der Waals surface area contributed by atoms with Crippen LogP contribution in [-0.4, -0.2) is 25.9 Å². The van der Waals surface area contributed by atoms with Crippen LogP contribution in [0.25, 0.3) is 0 Å². The van der Waals surface area contributed by atoms with E-state index >= 15 is 0 Å². The third-order valence-electron chi connectivity index (χ3n) is 5.25. The van der Waals surface area contributed by atoms with E-state index in [0.717, 1.165) is 24.1 Å². The van der Waals surface area contributed by atoms with E-state index in [1.165, 1.54) is 11.1 Å². The molecule has 0 aliphatic rings. The van der Waals surface area contributed by atoms with Crippen LogP contribution in [0.4, 0.5) is 0 Å². The van der Waals surface area contributed by atoms with E-state index < -0.39 is 17.7 Å². The number of nitrogens with two attached hydrogens (primary N) is 1. The Morgan fingerprint density at radius 1 is 1.07 bits per heavy atom. The van der Waals surface area contributed by atoms with Crippen molar-refractivity contribution in [2.45, 2.75) is 51.4 Å². The molecule has 3 aromatic rings. The lowest BCUT2D eigenvalue weighted by Gasteiger charge is -2.24. The molecule has 2 aromatic heterocycles. The standard InChI is InChI=1S/C23H29N5O/c1-5-6-16-7-12-19(25-13-16)22(20-14-28(4)27-26-20)21(23(24)29)18-10-8-17(9-11-18)15(2)3/h7-15,21-22H,5-6H2,1-4H3,(H2,24,29)/t21?,22-/m1/s1. The summed E-state index contributed by atoms with van der Waals surface area (Å²) in [5.74, 6) is -0.976. The molecule has 3 rings (SSSR count). The van der Waals surface area contributed by atoms with E-state index in [-0.39, 0.29) is 0 Å². The van der Waals surface area contributed by atoms with Crippen LogP contribution in [0.1, 0.15) is 73.0 Å². The second-order valence-electron chi connectivity index (χ2n) is 7.84. The van der Waals surface area contributed by atoms with Gasteiger partial charge in [0, 0.05) is 19.4 Å². The molecule has 6 nitrogen and oxygen atoms in total. The Morgan fingerprint density at radius 3 is 2.24 bits per heavy atom. The highest BCUT2D eigenvalue weighted by molar-refractivity contribution is 5.83. The summed E-state index contributed by atoms with van der Waals surface area (Å²) in [6.07, 6.45) is 5.73. The first-order valence-electron chi connectivity index (χ1n) is 10.1. The minimum absolute atomic E-state index is 0.401. The number of pyridine rings is 1. The zero-order chi connectivity index (χ0) is 21.0. The van der Waals surface area contributed by atoms with Gasteiger partial charge in [0.25, 0.3) is 0 Å². The lowest BCUT2D eigenvalue weighted by Crippen LogP contribution is -2.28. The lowest BCUT2D eigenvalue weighted by molar-refractivity contribution is -0.119. The zero-order valence-electron chi connectivity index (χ0n) is 17.5. The number of carbonyl (C=O) groups excluding carboxylic acids is 1. The van der Waals surface area contributed by atoms with E-state index in [4.69, 9.17) is 5.73 Å². The number of amides is 1. The molecule has 0 saturated carbocycles. The van der Waals surface area contributed by atoms with Gasteiger partial charge >= 0.3 is 0 Å². The van der Waals surface area contributed by atoms with Crippen LogP contribution in [0.5, 0.6) is 0 Å². The second kappa shape index (κ2) is 8.99. The van der Waals surface area contributed by atoms with Gasteiger partial charge in [-0.3, -0.25) is 14.5 Å². The normalized spacial score (nSPS) is 13.4. The number of aromatic nitrogens is 4. The van der Waals surface area contributed by atoms with Crippen molar-refractivity contribution in [3.63, 3.8) is 0 Å². The Kier molecular flexibility index (Phi) is 6.42. The summed E-state index contributed by atoms with van der Waals surface area (Å²) >= 11 is 0. The minimum Gasteiger partial charge on any atom is -0.369 e. The van der Waals surface area contributed by atoms with Crippen LogP contribution in [0.15, 0.2) is 48.8 Å². The summed E-state index contributed by atoms with van der Waals surface area (Å²) in [4.78, 5) is 17.3. The topological polar surface area (TPSA) is 86.7 Å². The second-order valence-corrected chi connectivity index (χ2v) is 7.84. The van der Waals surface area contributed by atoms with Crippen LogP contribution >= 0.6 is 0 Å². The monoisotopic (exact) mass is 391 g/mol. The van der Waals surface area contributed by atoms with Gasteiger partial charge in [-0.25, -0.2) is 0 Å². The van der Waals surface area contributed by atoms with Gasteiger partial charge < -0.3 is 5.73 Å². The zero-order valence-corrected chi connectivity index (χ0v) is 17.5. The molecule has 1 amide bonds. The Hall–Kier alpha value is -3.02. The van der Waals surface area contributed by atoms with Crippen molar-refractivity contribution in [1.82, 2.24) is 20.0 Å². The maximum atomic E-state index is 12.6. The first-order chi connectivity index (χ1) is 13.9. The van der Waals surface area contributed by atoms with Gasteiger partial charge in [0.1, 0.15) is 0 Å². The van der Waals surface area contributed by atoms with Crippen molar-refractivity contribution in [1.29, 1.82) is 0 Å². The molecule has 29 heavy (non-hydrogen) atoms. The highest BCUT2D eigenvalue weighted by Crippen LogP contribution is 2.37. The summed E-state index contributed by atoms with van der Waals surface area (Å²) in [5, 5.41) is 8.36. The lowest BCUT2D eigenvalue weighted by atomic mass is 9.80. The summed E-state index contributed by atoms with van der Waals surface area (Å²) < 4.78 is 1.63. The fraction of sp³-hybridized carbons (Fsp3) is 0.391. The number of rotatable bonds is 8. The summed E-state index contributed by atoms with van der Waals surface area (Å²) in [6, 6.07) is 12.1. The highest BCUT2D eigenvalue weighted by Gasteiger charge is 2.34. The number of hydrogen-bond acceptors (Lipinski definition) is 4. The quantitative estimate of drug-likeness (QED) is 0.634. The van der Waals surface area contributed by atoms with Crippen LogP contribution in [0.2, 0.25) is 0 Å². The number of nitrogens with zero attached hydrogens (tertiary/aromatic N) is 4. The number of primary amides is 1. The summed E-state index contributed by atoms with van der Waals surface area (Å²) in [5.41, 5.74) is 10.6. The van der Waals surface area contributed by atoms with E-state index in [1.807, 2.05) is 37.6 Å². The number of carbonyl (C=O) groups is 1. The Balaban J connectivity index is 2.07. The van der Waals surface area contributed by atoms with Gasteiger partial charge in [0.05, 0.1) is 23.2 Å². The molecule has 0 bridgehead atoms. The number of hydrogen-bond donors (Lipinski definition) is 1.